The van der Waals surface area contributed by atoms with Gasteiger partial charge in [-0.3, -0.25) is 4.79 Å². The van der Waals surface area contributed by atoms with E-state index in [1.54, 1.807) is 34.6 Å². The average Bonchev–Trinajstić information content (AvgIpc) is 2.57. The summed E-state index contributed by atoms with van der Waals surface area (Å²) in [6.07, 6.45) is 2.61. The van der Waals surface area contributed by atoms with Crippen molar-refractivity contribution in [3.05, 3.63) is 16.9 Å². The molecule has 1 fully saturated rings. The fraction of sp³-hybridized carbons (Fsp3) is 0.571. The summed E-state index contributed by atoms with van der Waals surface area (Å²) in [5.41, 5.74) is -1.37. The van der Waals surface area contributed by atoms with E-state index >= 15 is 0 Å². The van der Waals surface area contributed by atoms with Crippen molar-refractivity contribution in [2.45, 2.75) is 52.2 Å². The maximum Gasteiger partial charge on any atom is 0.430 e. The van der Waals surface area contributed by atoms with Crippen molar-refractivity contribution in [2.24, 2.45) is 0 Å². The molecule has 22 heavy (non-hydrogen) atoms. The van der Waals surface area contributed by atoms with Crippen molar-refractivity contribution in [3.63, 3.8) is 0 Å². The van der Waals surface area contributed by atoms with Crippen molar-refractivity contribution in [1.29, 1.82) is 0 Å². The van der Waals surface area contributed by atoms with E-state index in [1.807, 2.05) is 0 Å². The standard InChI is InChI=1S/C14H19BrN4O3/c1-13(2,3)22-12(21)19-14(4,5)6-10(20)18(19)11-16-7-9(15)8-17-11/h7-8H,6H2,1-5H3. The molecule has 8 heteroatoms. The second-order valence-electron chi connectivity index (χ2n) is 6.69. The molecule has 2 heterocycles. The van der Waals surface area contributed by atoms with E-state index in [-0.39, 0.29) is 18.3 Å². The highest BCUT2D eigenvalue weighted by molar-refractivity contribution is 9.10. The number of carbonyl (C=O) groups excluding carboxylic acids is 2. The number of hydrogen-bond donors (Lipinski definition) is 0. The fourth-order valence-corrected chi connectivity index (χ4v) is 2.36. The lowest BCUT2D eigenvalue weighted by Crippen LogP contribution is -2.53. The molecule has 0 aliphatic carbocycles. The number of nitrogens with zero attached hydrogens (tertiary/aromatic N) is 4. The molecular weight excluding hydrogens is 352 g/mol. The van der Waals surface area contributed by atoms with Crippen LogP contribution in [0.4, 0.5) is 10.7 Å². The SMILES string of the molecule is CC(C)(C)OC(=O)N1N(c2ncc(Br)cn2)C(=O)CC1(C)C. The number of rotatable bonds is 1. The van der Waals surface area contributed by atoms with Gasteiger partial charge in [-0.25, -0.2) is 19.8 Å². The topological polar surface area (TPSA) is 75.6 Å². The van der Waals surface area contributed by atoms with Gasteiger partial charge in [-0.1, -0.05) is 0 Å². The lowest BCUT2D eigenvalue weighted by Gasteiger charge is -2.35. The molecule has 1 saturated heterocycles. The highest BCUT2D eigenvalue weighted by atomic mass is 79.9. The van der Waals surface area contributed by atoms with E-state index < -0.39 is 17.2 Å². The van der Waals surface area contributed by atoms with Gasteiger partial charge in [0.15, 0.2) is 0 Å². The van der Waals surface area contributed by atoms with Gasteiger partial charge in [0.25, 0.3) is 11.9 Å². The van der Waals surface area contributed by atoms with Gasteiger partial charge in [0, 0.05) is 12.4 Å². The van der Waals surface area contributed by atoms with Crippen LogP contribution in [0.1, 0.15) is 41.0 Å². The number of halogens is 1. The van der Waals surface area contributed by atoms with Crippen LogP contribution in [0.25, 0.3) is 0 Å². The Kier molecular flexibility index (Phi) is 4.16. The summed E-state index contributed by atoms with van der Waals surface area (Å²) in [5.74, 6) is -0.109. The Labute approximate surface area is 137 Å². The summed E-state index contributed by atoms with van der Waals surface area (Å²) in [6.45, 7) is 8.92. The van der Waals surface area contributed by atoms with E-state index in [9.17, 15) is 9.59 Å². The van der Waals surface area contributed by atoms with Crippen molar-refractivity contribution < 1.29 is 14.3 Å². The minimum absolute atomic E-state index is 0.143. The Balaban J connectivity index is 2.39. The molecule has 7 nitrogen and oxygen atoms in total. The number of aromatic nitrogens is 2. The van der Waals surface area contributed by atoms with Gasteiger partial charge in [0.2, 0.25) is 0 Å². The zero-order chi connectivity index (χ0) is 16.7. The van der Waals surface area contributed by atoms with Crippen molar-refractivity contribution in [2.75, 3.05) is 5.01 Å². The van der Waals surface area contributed by atoms with Crippen molar-refractivity contribution in [3.8, 4) is 0 Å². The van der Waals surface area contributed by atoms with Crippen LogP contribution in [0.15, 0.2) is 16.9 Å². The van der Waals surface area contributed by atoms with Crippen LogP contribution >= 0.6 is 15.9 Å². The van der Waals surface area contributed by atoms with Gasteiger partial charge in [-0.15, -0.1) is 0 Å². The minimum atomic E-state index is -0.712. The average molecular weight is 371 g/mol. The molecule has 1 aromatic rings. The van der Waals surface area contributed by atoms with Crippen LogP contribution in [0.3, 0.4) is 0 Å². The summed E-state index contributed by atoms with van der Waals surface area (Å²) in [6, 6.07) is 0. The fourth-order valence-electron chi connectivity index (χ4n) is 2.15. The Morgan fingerprint density at radius 1 is 1.32 bits per heavy atom. The van der Waals surface area contributed by atoms with Crippen LogP contribution in [0.5, 0.6) is 0 Å². The molecule has 2 rings (SSSR count). The Bertz CT molecular complexity index is 595. The van der Waals surface area contributed by atoms with E-state index in [1.165, 1.54) is 22.4 Å². The van der Waals surface area contributed by atoms with E-state index in [4.69, 9.17) is 4.74 Å². The molecule has 1 aromatic heterocycles. The molecule has 0 N–H and O–H groups in total. The van der Waals surface area contributed by atoms with E-state index in [0.717, 1.165) is 0 Å². The number of amides is 2. The zero-order valence-electron chi connectivity index (χ0n) is 13.3. The first-order chi connectivity index (χ1) is 10.0. The highest BCUT2D eigenvalue weighted by Crippen LogP contribution is 2.33. The molecule has 1 aliphatic rings. The largest absolute Gasteiger partial charge is 0.442 e. The van der Waals surface area contributed by atoms with Gasteiger partial charge in [0.05, 0.1) is 16.4 Å². The molecule has 0 aromatic carbocycles. The normalized spacial score (nSPS) is 17.8. The third kappa shape index (κ3) is 3.37. The number of hydrazine groups is 1. The lowest BCUT2D eigenvalue weighted by atomic mass is 10.0. The number of hydrogen-bond acceptors (Lipinski definition) is 5. The third-order valence-corrected chi connectivity index (χ3v) is 3.37. The molecule has 2 amide bonds. The molecule has 0 unspecified atom stereocenters. The Morgan fingerprint density at radius 2 is 1.86 bits per heavy atom. The molecule has 120 valence electrons. The van der Waals surface area contributed by atoms with Crippen LogP contribution in [0.2, 0.25) is 0 Å². The minimum Gasteiger partial charge on any atom is -0.442 e. The molecule has 0 bridgehead atoms. The summed E-state index contributed by atoms with van der Waals surface area (Å²) in [4.78, 5) is 33.1. The predicted molar refractivity (Wildman–Crippen MR) is 84.0 cm³/mol. The first-order valence-electron chi connectivity index (χ1n) is 6.85. The molecule has 0 atom stereocenters. The van der Waals surface area contributed by atoms with Crippen molar-refractivity contribution >= 4 is 33.9 Å². The summed E-state index contributed by atoms with van der Waals surface area (Å²) in [7, 11) is 0. The number of anilines is 1. The van der Waals surface area contributed by atoms with Crippen molar-refractivity contribution in [1.82, 2.24) is 15.0 Å². The smallest absolute Gasteiger partial charge is 0.430 e. The molecular formula is C14H19BrN4O3. The lowest BCUT2D eigenvalue weighted by molar-refractivity contribution is -0.118. The monoisotopic (exact) mass is 370 g/mol. The Hall–Kier alpha value is -1.70. The predicted octanol–water partition coefficient (Wildman–Crippen LogP) is 2.91. The van der Waals surface area contributed by atoms with E-state index in [0.29, 0.717) is 4.47 Å². The highest BCUT2D eigenvalue weighted by Gasteiger charge is 2.50. The molecule has 1 aliphatic heterocycles. The van der Waals surface area contributed by atoms with Gasteiger partial charge in [-0.05, 0) is 50.5 Å². The first-order valence-corrected chi connectivity index (χ1v) is 7.64. The molecule has 0 saturated carbocycles. The second-order valence-corrected chi connectivity index (χ2v) is 7.60. The first kappa shape index (κ1) is 16.7. The zero-order valence-corrected chi connectivity index (χ0v) is 14.8. The van der Waals surface area contributed by atoms with Crippen LogP contribution in [-0.4, -0.2) is 38.1 Å². The van der Waals surface area contributed by atoms with Crippen LogP contribution in [-0.2, 0) is 9.53 Å². The summed E-state index contributed by atoms with van der Waals surface area (Å²) >= 11 is 3.24. The summed E-state index contributed by atoms with van der Waals surface area (Å²) < 4.78 is 6.10. The molecule has 0 radical (unpaired) electrons. The molecule has 0 spiro atoms. The van der Waals surface area contributed by atoms with Gasteiger partial charge >= 0.3 is 6.09 Å². The van der Waals surface area contributed by atoms with E-state index in [2.05, 4.69) is 25.9 Å². The maximum atomic E-state index is 12.5. The maximum absolute atomic E-state index is 12.5. The van der Waals surface area contributed by atoms with Crippen LogP contribution in [0, 0.1) is 0 Å². The Morgan fingerprint density at radius 3 is 2.36 bits per heavy atom. The summed E-state index contributed by atoms with van der Waals surface area (Å²) in [5, 5.41) is 2.46. The number of carbonyl (C=O) groups is 2. The second kappa shape index (κ2) is 5.49. The quantitative estimate of drug-likeness (QED) is 0.759. The third-order valence-electron chi connectivity index (χ3n) is 2.96. The van der Waals surface area contributed by atoms with Gasteiger partial charge in [0.1, 0.15) is 5.60 Å². The number of ether oxygens (including phenoxy) is 1. The van der Waals surface area contributed by atoms with Gasteiger partial charge in [-0.2, -0.15) is 5.01 Å². The van der Waals surface area contributed by atoms with Crippen LogP contribution < -0.4 is 5.01 Å². The van der Waals surface area contributed by atoms with Gasteiger partial charge < -0.3 is 4.74 Å².